The van der Waals surface area contributed by atoms with Gasteiger partial charge in [-0.05, 0) is 53.2 Å². The third kappa shape index (κ3) is 5.86. The van der Waals surface area contributed by atoms with Crippen molar-refractivity contribution in [3.05, 3.63) is 60.7 Å². The van der Waals surface area contributed by atoms with Crippen LogP contribution in [-0.4, -0.2) is 30.8 Å². The first-order valence-corrected chi connectivity index (χ1v) is 11.7. The lowest BCUT2D eigenvalue weighted by Gasteiger charge is -2.16. The zero-order valence-electron chi connectivity index (χ0n) is 19.0. The molecule has 0 unspecified atom stereocenters. The first-order valence-electron chi connectivity index (χ1n) is 10.9. The van der Waals surface area contributed by atoms with E-state index in [2.05, 4.69) is 25.9 Å². The number of aliphatic hydroxyl groups excluding tert-OH is 1. The number of fused-ring (bicyclic) bond motifs is 1. The van der Waals surface area contributed by atoms with Crippen LogP contribution in [0.1, 0.15) is 44.5 Å². The first kappa shape index (κ1) is 25.0. The Kier molecular flexibility index (Phi) is 8.36. The summed E-state index contributed by atoms with van der Waals surface area (Å²) in [7, 11) is 1.43. The van der Waals surface area contributed by atoms with Gasteiger partial charge in [-0.15, -0.1) is 0 Å². The van der Waals surface area contributed by atoms with Crippen molar-refractivity contribution in [1.82, 2.24) is 19.1 Å². The number of hydrogen-bond acceptors (Lipinski definition) is 6. The van der Waals surface area contributed by atoms with Crippen LogP contribution in [0, 0.1) is 11.7 Å². The molecule has 1 aromatic carbocycles. The molecule has 3 rings (SSSR count). The van der Waals surface area contributed by atoms with Crippen LogP contribution in [0.5, 0.6) is 5.75 Å². The summed E-state index contributed by atoms with van der Waals surface area (Å²) >= 11 is 3.35. The van der Waals surface area contributed by atoms with Crippen molar-refractivity contribution in [2.45, 2.75) is 52.7 Å². The molecule has 0 fully saturated rings. The van der Waals surface area contributed by atoms with Gasteiger partial charge in [-0.2, -0.15) is 0 Å². The zero-order valence-corrected chi connectivity index (χ0v) is 20.6. The fraction of sp³-hybridized carbons (Fsp3) is 0.478. The Bertz CT molecular complexity index is 1260. The third-order valence-corrected chi connectivity index (χ3v) is 5.85. The summed E-state index contributed by atoms with van der Waals surface area (Å²) in [6, 6.07) is 4.14. The third-order valence-electron chi connectivity index (χ3n) is 5.19. The SMILES string of the molecule is CC(C)Cn1c(=O)n(C)c(=O)c2nc(CCCCCO)c(COc3cc(F)ccc3Br)nc21. The Morgan fingerprint density at radius 3 is 2.61 bits per heavy atom. The predicted molar refractivity (Wildman–Crippen MR) is 127 cm³/mol. The summed E-state index contributed by atoms with van der Waals surface area (Å²) in [5, 5.41) is 9.05. The van der Waals surface area contributed by atoms with E-state index in [4.69, 9.17) is 9.84 Å². The van der Waals surface area contributed by atoms with E-state index in [9.17, 15) is 14.0 Å². The van der Waals surface area contributed by atoms with Crippen LogP contribution in [0.2, 0.25) is 0 Å². The van der Waals surface area contributed by atoms with Gasteiger partial charge in [0.05, 0.1) is 10.2 Å². The van der Waals surface area contributed by atoms with E-state index >= 15 is 0 Å². The van der Waals surface area contributed by atoms with Crippen molar-refractivity contribution in [1.29, 1.82) is 0 Å². The number of halogens is 2. The van der Waals surface area contributed by atoms with Crippen LogP contribution in [-0.2, 0) is 26.6 Å². The van der Waals surface area contributed by atoms with E-state index in [0.29, 0.717) is 41.0 Å². The molecule has 0 aliphatic rings. The molecule has 0 saturated heterocycles. The lowest BCUT2D eigenvalue weighted by Crippen LogP contribution is -2.40. The molecule has 0 radical (unpaired) electrons. The topological polar surface area (TPSA) is 99.2 Å². The molecule has 33 heavy (non-hydrogen) atoms. The van der Waals surface area contributed by atoms with Gasteiger partial charge in [0.1, 0.15) is 23.9 Å². The number of benzene rings is 1. The van der Waals surface area contributed by atoms with E-state index in [-0.39, 0.29) is 30.3 Å². The van der Waals surface area contributed by atoms with Gasteiger partial charge >= 0.3 is 5.69 Å². The van der Waals surface area contributed by atoms with Crippen molar-refractivity contribution in [2.24, 2.45) is 13.0 Å². The Labute approximate surface area is 199 Å². The molecule has 3 aromatic rings. The van der Waals surface area contributed by atoms with Crippen molar-refractivity contribution >= 4 is 27.1 Å². The molecule has 0 saturated carbocycles. The van der Waals surface area contributed by atoms with Crippen LogP contribution in [0.3, 0.4) is 0 Å². The normalized spacial score (nSPS) is 11.5. The summed E-state index contributed by atoms with van der Waals surface area (Å²) in [6.07, 6.45) is 2.72. The molecular formula is C23H28BrFN4O4. The van der Waals surface area contributed by atoms with E-state index < -0.39 is 17.1 Å². The lowest BCUT2D eigenvalue weighted by atomic mass is 10.1. The maximum atomic E-state index is 13.7. The van der Waals surface area contributed by atoms with Crippen LogP contribution in [0.15, 0.2) is 32.3 Å². The van der Waals surface area contributed by atoms with Crippen LogP contribution in [0.25, 0.3) is 11.2 Å². The molecule has 0 aliphatic heterocycles. The molecule has 0 atom stereocenters. The summed E-state index contributed by atoms with van der Waals surface area (Å²) < 4.78 is 22.6. The highest BCUT2D eigenvalue weighted by atomic mass is 79.9. The van der Waals surface area contributed by atoms with Gasteiger partial charge < -0.3 is 9.84 Å². The van der Waals surface area contributed by atoms with Gasteiger partial charge in [-0.3, -0.25) is 13.9 Å². The van der Waals surface area contributed by atoms with Gasteiger partial charge in [0.15, 0.2) is 11.2 Å². The molecular weight excluding hydrogens is 495 g/mol. The summed E-state index contributed by atoms with van der Waals surface area (Å²) in [4.78, 5) is 34.9. The molecule has 1 N–H and O–H groups in total. The van der Waals surface area contributed by atoms with Gasteiger partial charge in [-0.1, -0.05) is 20.3 Å². The fourth-order valence-corrected chi connectivity index (χ4v) is 3.87. The number of aromatic nitrogens is 4. The highest BCUT2D eigenvalue weighted by molar-refractivity contribution is 9.10. The second-order valence-electron chi connectivity index (χ2n) is 8.34. The number of rotatable bonds is 10. The van der Waals surface area contributed by atoms with Crippen molar-refractivity contribution in [2.75, 3.05) is 6.61 Å². The number of nitrogens with zero attached hydrogens (tertiary/aromatic N) is 4. The van der Waals surface area contributed by atoms with Crippen molar-refractivity contribution < 1.29 is 14.2 Å². The quantitative estimate of drug-likeness (QED) is 0.410. The molecule has 2 heterocycles. The average Bonchev–Trinajstić information content (AvgIpc) is 2.78. The minimum atomic E-state index is -0.501. The highest BCUT2D eigenvalue weighted by Crippen LogP contribution is 2.27. The Balaban J connectivity index is 2.10. The second-order valence-corrected chi connectivity index (χ2v) is 9.19. The average molecular weight is 523 g/mol. The molecule has 0 amide bonds. The molecule has 178 valence electrons. The Morgan fingerprint density at radius 2 is 1.91 bits per heavy atom. The monoisotopic (exact) mass is 522 g/mol. The van der Waals surface area contributed by atoms with Crippen LogP contribution >= 0.6 is 15.9 Å². The van der Waals surface area contributed by atoms with E-state index in [0.717, 1.165) is 17.4 Å². The largest absolute Gasteiger partial charge is 0.486 e. The minimum absolute atomic E-state index is 0.00853. The molecule has 0 spiro atoms. The van der Waals surface area contributed by atoms with Crippen LogP contribution in [0.4, 0.5) is 4.39 Å². The van der Waals surface area contributed by atoms with Crippen molar-refractivity contribution in [3.63, 3.8) is 0 Å². The number of unbranched alkanes of at least 4 members (excludes halogenated alkanes) is 2. The zero-order chi connectivity index (χ0) is 24.1. The number of aliphatic hydroxyl groups is 1. The van der Waals surface area contributed by atoms with E-state index in [1.165, 1.54) is 23.7 Å². The van der Waals surface area contributed by atoms with Gasteiger partial charge in [0, 0.05) is 26.3 Å². The molecule has 0 bridgehead atoms. The van der Waals surface area contributed by atoms with Gasteiger partial charge in [-0.25, -0.2) is 19.2 Å². The van der Waals surface area contributed by atoms with Gasteiger partial charge in [0.2, 0.25) is 0 Å². The lowest BCUT2D eigenvalue weighted by molar-refractivity contribution is 0.282. The summed E-state index contributed by atoms with van der Waals surface area (Å²) in [6.45, 7) is 4.42. The second kappa shape index (κ2) is 11.0. The Hall–Kier alpha value is -2.59. The van der Waals surface area contributed by atoms with E-state index in [1.54, 1.807) is 6.07 Å². The van der Waals surface area contributed by atoms with Crippen molar-refractivity contribution in [3.8, 4) is 5.75 Å². The molecule has 0 aliphatic carbocycles. The summed E-state index contributed by atoms with van der Waals surface area (Å²) in [5.41, 5.74) is 0.455. The molecule has 2 aromatic heterocycles. The maximum absolute atomic E-state index is 13.7. The standard InChI is InChI=1S/C23H28BrFN4O4/c1-14(2)12-29-21-20(22(31)28(3)23(29)32)26-17(7-5-4-6-10-30)18(27-21)13-33-19-11-15(25)8-9-16(19)24/h8-9,11,14,30H,4-7,10,12-13H2,1-3H3. The minimum Gasteiger partial charge on any atom is -0.486 e. The maximum Gasteiger partial charge on any atom is 0.332 e. The number of aryl methyl sites for hydroxylation is 1. The molecule has 8 nitrogen and oxygen atoms in total. The van der Waals surface area contributed by atoms with Gasteiger partial charge in [0.25, 0.3) is 5.56 Å². The summed E-state index contributed by atoms with van der Waals surface area (Å²) in [5.74, 6) is 0.0225. The number of ether oxygens (including phenoxy) is 1. The Morgan fingerprint density at radius 1 is 1.15 bits per heavy atom. The fourth-order valence-electron chi connectivity index (χ4n) is 3.50. The molecule has 10 heteroatoms. The van der Waals surface area contributed by atoms with Crippen LogP contribution < -0.4 is 16.0 Å². The predicted octanol–water partition coefficient (Wildman–Crippen LogP) is 3.33. The van der Waals surface area contributed by atoms with E-state index in [1.807, 2.05) is 13.8 Å². The smallest absolute Gasteiger partial charge is 0.332 e. The number of hydrogen-bond donors (Lipinski definition) is 1. The highest BCUT2D eigenvalue weighted by Gasteiger charge is 2.19. The first-order chi connectivity index (χ1) is 15.7.